The summed E-state index contributed by atoms with van der Waals surface area (Å²) in [5, 5.41) is 3.58. The van der Waals surface area contributed by atoms with E-state index in [1.165, 1.54) is 12.6 Å². The van der Waals surface area contributed by atoms with Crippen LogP contribution in [0.5, 0.6) is 0 Å². The first kappa shape index (κ1) is 24.8. The Morgan fingerprint density at radius 3 is 2.33 bits per heavy atom. The van der Waals surface area contributed by atoms with E-state index in [1.807, 2.05) is 73.2 Å². The number of hydrogen-bond donors (Lipinski definition) is 1. The van der Waals surface area contributed by atoms with Crippen LogP contribution in [0.3, 0.4) is 0 Å². The van der Waals surface area contributed by atoms with Crippen LogP contribution in [0.1, 0.15) is 6.92 Å². The second kappa shape index (κ2) is 10.7. The van der Waals surface area contributed by atoms with E-state index in [4.69, 9.17) is 21.6 Å². The van der Waals surface area contributed by atoms with Gasteiger partial charge >= 0.3 is 0 Å². The summed E-state index contributed by atoms with van der Waals surface area (Å²) in [5.41, 5.74) is 7.50. The Morgan fingerprint density at radius 1 is 0.821 bits per heavy atom. The van der Waals surface area contributed by atoms with E-state index < -0.39 is 0 Å². The maximum absolute atomic E-state index is 11.9. The predicted octanol–water partition coefficient (Wildman–Crippen LogP) is 6.30. The van der Waals surface area contributed by atoms with Gasteiger partial charge in [0.15, 0.2) is 0 Å². The van der Waals surface area contributed by atoms with Gasteiger partial charge in [-0.15, -0.1) is 0 Å². The molecule has 0 aliphatic carbocycles. The summed E-state index contributed by atoms with van der Waals surface area (Å²) in [6, 6.07) is 23.9. The molecule has 0 radical (unpaired) electrons. The van der Waals surface area contributed by atoms with Crippen LogP contribution < -0.4 is 15.1 Å². The van der Waals surface area contributed by atoms with Gasteiger partial charge in [0, 0.05) is 67.5 Å². The Hall–Kier alpha value is -4.49. The number of nitrogens with zero attached hydrogens (tertiary/aromatic N) is 5. The van der Waals surface area contributed by atoms with Crippen LogP contribution in [0.25, 0.3) is 33.3 Å². The van der Waals surface area contributed by atoms with Gasteiger partial charge in [-0.25, -0.2) is 4.98 Å². The number of rotatable bonds is 5. The summed E-state index contributed by atoms with van der Waals surface area (Å²) in [7, 11) is 0. The number of piperazine rings is 1. The Labute approximate surface area is 232 Å². The number of carbonyl (C=O) groups excluding carboxylic acids is 1. The van der Waals surface area contributed by atoms with E-state index in [0.717, 1.165) is 71.0 Å². The van der Waals surface area contributed by atoms with Gasteiger partial charge in [0.1, 0.15) is 5.82 Å². The first-order valence-corrected chi connectivity index (χ1v) is 13.3. The van der Waals surface area contributed by atoms with Crippen molar-refractivity contribution >= 4 is 45.7 Å². The fraction of sp³-hybridized carbons (Fsp3) is 0.161. The molecule has 8 heteroatoms. The number of hydrogen-bond acceptors (Lipinski definition) is 6. The average Bonchev–Trinajstić information content (AvgIpc) is 2.97. The van der Waals surface area contributed by atoms with Crippen molar-refractivity contribution in [2.24, 2.45) is 0 Å². The number of halogens is 1. The van der Waals surface area contributed by atoms with E-state index >= 15 is 0 Å². The molecule has 1 aliphatic rings. The molecule has 1 fully saturated rings. The number of amides is 1. The lowest BCUT2D eigenvalue weighted by Crippen LogP contribution is -2.46. The Kier molecular flexibility index (Phi) is 6.82. The SMILES string of the molecule is CC(=O)Nc1ccc(-c2ccc3ncc(N4CCN(c5ccncc5)CC4)nc3c2)cc1-c1cccc(Cl)c1. The maximum atomic E-state index is 11.9. The second-order valence-electron chi connectivity index (χ2n) is 9.56. The summed E-state index contributed by atoms with van der Waals surface area (Å²) in [4.78, 5) is 30.3. The molecule has 5 aromatic rings. The molecule has 6 rings (SSSR count). The number of carbonyl (C=O) groups is 1. The third-order valence-electron chi connectivity index (χ3n) is 6.96. The molecular formula is C31H27ClN6O. The number of nitrogens with one attached hydrogen (secondary N) is 1. The first-order chi connectivity index (χ1) is 19.0. The largest absolute Gasteiger partial charge is 0.368 e. The van der Waals surface area contributed by atoms with Crippen molar-refractivity contribution in [2.75, 3.05) is 41.3 Å². The van der Waals surface area contributed by atoms with Crippen LogP contribution >= 0.6 is 11.6 Å². The van der Waals surface area contributed by atoms with Gasteiger partial charge in [-0.3, -0.25) is 14.8 Å². The van der Waals surface area contributed by atoms with Crippen molar-refractivity contribution < 1.29 is 4.79 Å². The van der Waals surface area contributed by atoms with E-state index in [9.17, 15) is 4.79 Å². The quantitative estimate of drug-likeness (QED) is 0.285. The van der Waals surface area contributed by atoms with Gasteiger partial charge in [-0.2, -0.15) is 0 Å². The zero-order valence-electron chi connectivity index (χ0n) is 21.5. The van der Waals surface area contributed by atoms with Crippen LogP contribution in [-0.2, 0) is 4.79 Å². The molecular weight excluding hydrogens is 508 g/mol. The van der Waals surface area contributed by atoms with E-state index in [1.54, 1.807) is 0 Å². The maximum Gasteiger partial charge on any atom is 0.221 e. The van der Waals surface area contributed by atoms with Crippen molar-refractivity contribution in [3.05, 3.63) is 96.4 Å². The Balaban J connectivity index is 1.29. The lowest BCUT2D eigenvalue weighted by molar-refractivity contribution is -0.114. The number of aromatic nitrogens is 3. The Morgan fingerprint density at radius 2 is 1.56 bits per heavy atom. The summed E-state index contributed by atoms with van der Waals surface area (Å²) >= 11 is 6.28. The number of benzene rings is 3. The third-order valence-corrected chi connectivity index (χ3v) is 7.20. The summed E-state index contributed by atoms with van der Waals surface area (Å²) in [6.45, 7) is 5.08. The number of anilines is 3. The predicted molar refractivity (Wildman–Crippen MR) is 158 cm³/mol. The Bertz CT molecular complexity index is 1650. The standard InChI is InChI=1S/C31H27ClN6O/c1-21(39)35-28-7-5-22(18-27(28)24-3-2-4-25(32)17-24)23-6-8-29-30(19-23)36-31(20-34-29)38-15-13-37(14-16-38)26-9-11-33-12-10-26/h2-12,17-20H,13-16H2,1H3,(H,35,39). The molecule has 2 aromatic heterocycles. The van der Waals surface area contributed by atoms with Crippen LogP contribution in [0.15, 0.2) is 91.4 Å². The zero-order valence-corrected chi connectivity index (χ0v) is 22.3. The van der Waals surface area contributed by atoms with Crippen LogP contribution in [0, 0.1) is 0 Å². The topological polar surface area (TPSA) is 74.2 Å². The highest BCUT2D eigenvalue weighted by Gasteiger charge is 2.19. The highest BCUT2D eigenvalue weighted by Crippen LogP contribution is 2.35. The highest BCUT2D eigenvalue weighted by molar-refractivity contribution is 6.30. The van der Waals surface area contributed by atoms with Gasteiger partial charge < -0.3 is 15.1 Å². The minimum Gasteiger partial charge on any atom is -0.368 e. The van der Waals surface area contributed by atoms with Gasteiger partial charge in [0.25, 0.3) is 0 Å². The van der Waals surface area contributed by atoms with E-state index in [2.05, 4.69) is 38.3 Å². The third kappa shape index (κ3) is 5.40. The molecule has 0 saturated carbocycles. The molecule has 1 aliphatic heterocycles. The fourth-order valence-corrected chi connectivity index (χ4v) is 5.19. The lowest BCUT2D eigenvalue weighted by atomic mass is 9.97. The minimum absolute atomic E-state index is 0.124. The van der Waals surface area contributed by atoms with Gasteiger partial charge in [-0.1, -0.05) is 35.9 Å². The highest BCUT2D eigenvalue weighted by atomic mass is 35.5. The number of fused-ring (bicyclic) bond motifs is 1. The normalized spacial score (nSPS) is 13.5. The zero-order chi connectivity index (χ0) is 26.8. The fourth-order valence-electron chi connectivity index (χ4n) is 5.00. The molecule has 3 heterocycles. The molecule has 0 spiro atoms. The minimum atomic E-state index is -0.124. The van der Waals surface area contributed by atoms with Gasteiger partial charge in [0.2, 0.25) is 5.91 Å². The molecule has 1 N–H and O–H groups in total. The molecule has 194 valence electrons. The summed E-state index contributed by atoms with van der Waals surface area (Å²) in [5.74, 6) is 0.760. The second-order valence-corrected chi connectivity index (χ2v) is 10.00. The molecule has 0 bridgehead atoms. The van der Waals surface area contributed by atoms with Crippen LogP contribution in [-0.4, -0.2) is 47.0 Å². The molecule has 0 atom stereocenters. The smallest absolute Gasteiger partial charge is 0.221 e. The molecule has 7 nitrogen and oxygen atoms in total. The van der Waals surface area contributed by atoms with Crippen molar-refractivity contribution in [1.82, 2.24) is 15.0 Å². The van der Waals surface area contributed by atoms with E-state index in [0.29, 0.717) is 5.02 Å². The molecule has 39 heavy (non-hydrogen) atoms. The van der Waals surface area contributed by atoms with Gasteiger partial charge in [-0.05, 0) is 65.2 Å². The van der Waals surface area contributed by atoms with Crippen LogP contribution in [0.2, 0.25) is 5.02 Å². The van der Waals surface area contributed by atoms with Crippen molar-refractivity contribution in [3.63, 3.8) is 0 Å². The van der Waals surface area contributed by atoms with Gasteiger partial charge in [0.05, 0.1) is 17.2 Å². The summed E-state index contributed by atoms with van der Waals surface area (Å²) < 4.78 is 0. The molecule has 0 unspecified atom stereocenters. The molecule has 3 aromatic carbocycles. The average molecular weight is 535 g/mol. The van der Waals surface area contributed by atoms with Crippen molar-refractivity contribution in [1.29, 1.82) is 0 Å². The van der Waals surface area contributed by atoms with E-state index in [-0.39, 0.29) is 5.91 Å². The lowest BCUT2D eigenvalue weighted by Gasteiger charge is -2.36. The monoisotopic (exact) mass is 534 g/mol. The molecule has 1 amide bonds. The first-order valence-electron chi connectivity index (χ1n) is 12.9. The van der Waals surface area contributed by atoms with Crippen molar-refractivity contribution in [2.45, 2.75) is 6.92 Å². The van der Waals surface area contributed by atoms with Crippen LogP contribution in [0.4, 0.5) is 17.2 Å². The molecule has 1 saturated heterocycles. The van der Waals surface area contributed by atoms with Crippen molar-refractivity contribution in [3.8, 4) is 22.3 Å². The number of pyridine rings is 1. The summed E-state index contributed by atoms with van der Waals surface area (Å²) in [6.07, 6.45) is 5.53.